The largest absolute Gasteiger partial charge is 0.446 e. The van der Waals surface area contributed by atoms with Crippen LogP contribution in [0.5, 0.6) is 0 Å². The molecule has 1 amide bonds. The molecule has 1 aromatic carbocycles. The number of hydrogen-bond acceptors (Lipinski definition) is 3. The van der Waals surface area contributed by atoms with Gasteiger partial charge in [-0.2, -0.15) is 0 Å². The second-order valence-corrected chi connectivity index (χ2v) is 4.56. The first kappa shape index (κ1) is 12.8. The van der Waals surface area contributed by atoms with Crippen molar-refractivity contribution in [3.8, 4) is 0 Å². The van der Waals surface area contributed by atoms with Gasteiger partial charge < -0.3 is 10.1 Å². The SMILES string of the molecule is CNCC1CC(OC(=O)Nc2cccc(F)c2)C1. The third kappa shape index (κ3) is 3.43. The maximum atomic E-state index is 12.9. The molecule has 1 saturated carbocycles. The zero-order chi connectivity index (χ0) is 13.0. The third-order valence-corrected chi connectivity index (χ3v) is 3.03. The normalized spacial score (nSPS) is 22.1. The van der Waals surface area contributed by atoms with E-state index < -0.39 is 6.09 Å². The van der Waals surface area contributed by atoms with Gasteiger partial charge in [-0.1, -0.05) is 6.07 Å². The number of benzene rings is 1. The third-order valence-electron chi connectivity index (χ3n) is 3.03. The van der Waals surface area contributed by atoms with E-state index in [0.29, 0.717) is 11.6 Å². The van der Waals surface area contributed by atoms with E-state index in [1.54, 1.807) is 6.07 Å². The summed E-state index contributed by atoms with van der Waals surface area (Å²) in [6.07, 6.45) is 1.24. The van der Waals surface area contributed by atoms with Crippen LogP contribution < -0.4 is 10.6 Å². The minimum absolute atomic E-state index is 0.0168. The quantitative estimate of drug-likeness (QED) is 0.865. The van der Waals surface area contributed by atoms with Gasteiger partial charge in [0.25, 0.3) is 0 Å². The van der Waals surface area contributed by atoms with Crippen LogP contribution in [0.4, 0.5) is 14.9 Å². The maximum absolute atomic E-state index is 12.9. The molecule has 0 unspecified atom stereocenters. The van der Waals surface area contributed by atoms with Gasteiger partial charge in [-0.25, -0.2) is 9.18 Å². The smallest absolute Gasteiger partial charge is 0.411 e. The fraction of sp³-hybridized carbons (Fsp3) is 0.462. The van der Waals surface area contributed by atoms with Crippen LogP contribution in [0.3, 0.4) is 0 Å². The number of hydrogen-bond donors (Lipinski definition) is 2. The molecule has 5 heteroatoms. The maximum Gasteiger partial charge on any atom is 0.411 e. The van der Waals surface area contributed by atoms with Crippen LogP contribution in [-0.4, -0.2) is 25.8 Å². The highest BCUT2D eigenvalue weighted by Crippen LogP contribution is 2.29. The molecular weight excluding hydrogens is 235 g/mol. The Kier molecular flexibility index (Phi) is 4.15. The van der Waals surface area contributed by atoms with Crippen LogP contribution in [-0.2, 0) is 4.74 Å². The van der Waals surface area contributed by atoms with Crippen LogP contribution in [0.15, 0.2) is 24.3 Å². The zero-order valence-corrected chi connectivity index (χ0v) is 10.3. The second-order valence-electron chi connectivity index (χ2n) is 4.56. The fourth-order valence-corrected chi connectivity index (χ4v) is 2.09. The average molecular weight is 252 g/mol. The van der Waals surface area contributed by atoms with Crippen LogP contribution in [0.1, 0.15) is 12.8 Å². The van der Waals surface area contributed by atoms with E-state index in [1.807, 2.05) is 7.05 Å². The van der Waals surface area contributed by atoms with Crippen LogP contribution in [0, 0.1) is 11.7 Å². The Hall–Kier alpha value is -1.62. The van der Waals surface area contributed by atoms with E-state index >= 15 is 0 Å². The van der Waals surface area contributed by atoms with Crippen LogP contribution >= 0.6 is 0 Å². The van der Waals surface area contributed by atoms with Gasteiger partial charge >= 0.3 is 6.09 Å². The van der Waals surface area contributed by atoms with Crippen molar-refractivity contribution in [3.63, 3.8) is 0 Å². The number of rotatable bonds is 4. The monoisotopic (exact) mass is 252 g/mol. The van der Waals surface area contributed by atoms with E-state index in [-0.39, 0.29) is 11.9 Å². The van der Waals surface area contributed by atoms with Crippen LogP contribution in [0.25, 0.3) is 0 Å². The first-order valence-corrected chi connectivity index (χ1v) is 6.05. The van der Waals surface area contributed by atoms with Crippen molar-refractivity contribution in [2.24, 2.45) is 5.92 Å². The van der Waals surface area contributed by atoms with Crippen molar-refractivity contribution < 1.29 is 13.9 Å². The molecule has 98 valence electrons. The van der Waals surface area contributed by atoms with Gasteiger partial charge in [0, 0.05) is 5.69 Å². The lowest BCUT2D eigenvalue weighted by molar-refractivity contribution is 0.0257. The standard InChI is InChI=1S/C13H17FN2O2/c1-15-8-9-5-12(6-9)18-13(17)16-11-4-2-3-10(14)7-11/h2-4,7,9,12,15H,5-6,8H2,1H3,(H,16,17). The van der Waals surface area contributed by atoms with Gasteiger partial charge in [-0.15, -0.1) is 0 Å². The molecule has 0 atom stereocenters. The molecule has 18 heavy (non-hydrogen) atoms. The Bertz CT molecular complexity index is 419. The van der Waals surface area contributed by atoms with E-state index in [1.165, 1.54) is 18.2 Å². The van der Waals surface area contributed by atoms with Crippen molar-refractivity contribution in [3.05, 3.63) is 30.1 Å². The Labute approximate surface area is 106 Å². The highest BCUT2D eigenvalue weighted by molar-refractivity contribution is 5.84. The van der Waals surface area contributed by atoms with Gasteiger partial charge in [-0.05, 0) is 50.6 Å². The topological polar surface area (TPSA) is 50.4 Å². The second kappa shape index (κ2) is 5.82. The number of nitrogens with one attached hydrogen (secondary N) is 2. The van der Waals surface area contributed by atoms with E-state index in [2.05, 4.69) is 10.6 Å². The molecule has 0 radical (unpaired) electrons. The summed E-state index contributed by atoms with van der Waals surface area (Å²) in [7, 11) is 1.91. The predicted octanol–water partition coefficient (Wildman–Crippen LogP) is 2.37. The molecule has 0 aliphatic heterocycles. The number of carbonyl (C=O) groups excluding carboxylic acids is 1. The first-order chi connectivity index (χ1) is 8.67. The lowest BCUT2D eigenvalue weighted by Gasteiger charge is -2.34. The van der Waals surface area contributed by atoms with E-state index in [0.717, 1.165) is 19.4 Å². The van der Waals surface area contributed by atoms with E-state index in [9.17, 15) is 9.18 Å². The van der Waals surface area contributed by atoms with Crippen molar-refractivity contribution in [2.45, 2.75) is 18.9 Å². The lowest BCUT2D eigenvalue weighted by Crippen LogP contribution is -2.38. The summed E-state index contributed by atoms with van der Waals surface area (Å²) in [6, 6.07) is 5.74. The predicted molar refractivity (Wildman–Crippen MR) is 66.9 cm³/mol. The molecule has 1 aliphatic carbocycles. The molecule has 4 nitrogen and oxygen atoms in total. The molecule has 2 N–H and O–H groups in total. The molecule has 0 spiro atoms. The summed E-state index contributed by atoms with van der Waals surface area (Å²) >= 11 is 0. The summed E-state index contributed by atoms with van der Waals surface area (Å²) in [6.45, 7) is 0.950. The molecule has 0 saturated heterocycles. The number of halogens is 1. The minimum atomic E-state index is -0.520. The van der Waals surface area contributed by atoms with Crippen molar-refractivity contribution >= 4 is 11.8 Å². The molecule has 1 aromatic rings. The Morgan fingerprint density at radius 3 is 2.94 bits per heavy atom. The van der Waals surface area contributed by atoms with E-state index in [4.69, 9.17) is 4.74 Å². The van der Waals surface area contributed by atoms with Gasteiger partial charge in [0.1, 0.15) is 11.9 Å². The summed E-state index contributed by atoms with van der Waals surface area (Å²) in [5, 5.41) is 5.60. The highest BCUT2D eigenvalue weighted by Gasteiger charge is 2.31. The van der Waals surface area contributed by atoms with Crippen LogP contribution in [0.2, 0.25) is 0 Å². The average Bonchev–Trinajstić information content (AvgIpc) is 2.26. The molecule has 2 rings (SSSR count). The molecule has 0 aromatic heterocycles. The van der Waals surface area contributed by atoms with Crippen molar-refractivity contribution in [2.75, 3.05) is 18.9 Å². The highest BCUT2D eigenvalue weighted by atomic mass is 19.1. The summed E-state index contributed by atoms with van der Waals surface area (Å²) in [5.74, 6) is 0.201. The van der Waals surface area contributed by atoms with Gasteiger partial charge in [0.15, 0.2) is 0 Å². The molecule has 0 heterocycles. The fourth-order valence-electron chi connectivity index (χ4n) is 2.09. The first-order valence-electron chi connectivity index (χ1n) is 6.05. The number of carbonyl (C=O) groups is 1. The minimum Gasteiger partial charge on any atom is -0.446 e. The summed E-state index contributed by atoms with van der Waals surface area (Å²) < 4.78 is 18.1. The Balaban J connectivity index is 1.73. The molecular formula is C13H17FN2O2. The Morgan fingerprint density at radius 1 is 1.50 bits per heavy atom. The lowest BCUT2D eigenvalue weighted by atomic mass is 9.82. The molecule has 1 aliphatic rings. The number of ether oxygens (including phenoxy) is 1. The van der Waals surface area contributed by atoms with Gasteiger partial charge in [0.05, 0.1) is 0 Å². The van der Waals surface area contributed by atoms with Crippen molar-refractivity contribution in [1.82, 2.24) is 5.32 Å². The van der Waals surface area contributed by atoms with Gasteiger partial charge in [-0.3, -0.25) is 5.32 Å². The summed E-state index contributed by atoms with van der Waals surface area (Å²) in [5.41, 5.74) is 0.408. The number of anilines is 1. The molecule has 0 bridgehead atoms. The van der Waals surface area contributed by atoms with Gasteiger partial charge in [0.2, 0.25) is 0 Å². The number of amides is 1. The zero-order valence-electron chi connectivity index (χ0n) is 10.3. The van der Waals surface area contributed by atoms with Crippen molar-refractivity contribution in [1.29, 1.82) is 0 Å². The Morgan fingerprint density at radius 2 is 2.28 bits per heavy atom. The molecule has 1 fully saturated rings. The summed E-state index contributed by atoms with van der Waals surface area (Å²) in [4.78, 5) is 11.5.